The lowest BCUT2D eigenvalue weighted by Crippen LogP contribution is -2.37. The fourth-order valence-corrected chi connectivity index (χ4v) is 3.52. The van der Waals surface area contributed by atoms with E-state index in [0.29, 0.717) is 11.8 Å². The molecule has 1 aliphatic rings. The van der Waals surface area contributed by atoms with Crippen molar-refractivity contribution in [2.45, 2.75) is 31.6 Å². The molecule has 0 aromatic heterocycles. The summed E-state index contributed by atoms with van der Waals surface area (Å²) in [5, 5.41) is 0. The van der Waals surface area contributed by atoms with Crippen LogP contribution in [0.15, 0.2) is 23.1 Å². The topological polar surface area (TPSA) is 37.4 Å². The Kier molecular flexibility index (Phi) is 4.37. The molecule has 0 bridgehead atoms. The molecule has 1 saturated heterocycles. The Morgan fingerprint density at radius 3 is 2.65 bits per heavy atom. The maximum Gasteiger partial charge on any atom is 0.178 e. The quantitative estimate of drug-likeness (QED) is 0.860. The highest BCUT2D eigenvalue weighted by atomic mass is 32.2. The van der Waals surface area contributed by atoms with Crippen LogP contribution in [-0.2, 0) is 9.84 Å². The molecule has 112 valence electrons. The van der Waals surface area contributed by atoms with Gasteiger partial charge in [-0.2, -0.15) is 0 Å². The molecule has 0 saturated carbocycles. The van der Waals surface area contributed by atoms with E-state index in [-0.39, 0.29) is 4.90 Å². The van der Waals surface area contributed by atoms with Crippen LogP contribution < -0.4 is 4.90 Å². The zero-order chi connectivity index (χ0) is 14.9. The van der Waals surface area contributed by atoms with Crippen molar-refractivity contribution >= 4 is 15.5 Å². The number of sulfone groups is 1. The number of halogens is 1. The SMILES string of the molecule is CC(C)[C@H]1CCCN(c2ccc(F)c(S(C)(=O)=O)c2)C1. The predicted molar refractivity (Wildman–Crippen MR) is 79.3 cm³/mol. The zero-order valence-corrected chi connectivity index (χ0v) is 13.1. The van der Waals surface area contributed by atoms with Gasteiger partial charge in [-0.15, -0.1) is 0 Å². The molecule has 1 aromatic rings. The molecule has 0 aliphatic carbocycles. The van der Waals surface area contributed by atoms with Gasteiger partial charge in [0.05, 0.1) is 0 Å². The van der Waals surface area contributed by atoms with E-state index in [0.717, 1.165) is 31.5 Å². The first-order valence-electron chi connectivity index (χ1n) is 7.03. The summed E-state index contributed by atoms with van der Waals surface area (Å²) < 4.78 is 36.8. The van der Waals surface area contributed by atoms with Crippen LogP contribution in [0.4, 0.5) is 10.1 Å². The zero-order valence-electron chi connectivity index (χ0n) is 12.3. The van der Waals surface area contributed by atoms with E-state index in [4.69, 9.17) is 0 Å². The van der Waals surface area contributed by atoms with Gasteiger partial charge in [-0.05, 0) is 42.9 Å². The van der Waals surface area contributed by atoms with E-state index in [1.165, 1.54) is 18.6 Å². The number of hydrogen-bond acceptors (Lipinski definition) is 3. The van der Waals surface area contributed by atoms with Gasteiger partial charge in [-0.3, -0.25) is 0 Å². The first-order chi connectivity index (χ1) is 9.29. The molecule has 0 amide bonds. The molecule has 2 rings (SSSR count). The Bertz CT molecular complexity index is 584. The molecule has 0 radical (unpaired) electrons. The molecular formula is C15H22FNO2S. The smallest absolute Gasteiger partial charge is 0.178 e. The first-order valence-corrected chi connectivity index (χ1v) is 8.92. The van der Waals surface area contributed by atoms with E-state index >= 15 is 0 Å². The molecule has 0 unspecified atom stereocenters. The molecule has 20 heavy (non-hydrogen) atoms. The van der Waals surface area contributed by atoms with Crippen molar-refractivity contribution in [2.75, 3.05) is 24.2 Å². The molecule has 1 atom stereocenters. The van der Waals surface area contributed by atoms with Crippen molar-refractivity contribution in [1.82, 2.24) is 0 Å². The Hall–Kier alpha value is -1.10. The van der Waals surface area contributed by atoms with Crippen LogP contribution in [0.1, 0.15) is 26.7 Å². The summed E-state index contributed by atoms with van der Waals surface area (Å²) in [5.74, 6) is 0.539. The second-order valence-corrected chi connectivity index (χ2v) is 7.96. The van der Waals surface area contributed by atoms with E-state index in [9.17, 15) is 12.8 Å². The number of rotatable bonds is 3. The molecule has 1 aliphatic heterocycles. The highest BCUT2D eigenvalue weighted by molar-refractivity contribution is 7.90. The summed E-state index contributed by atoms with van der Waals surface area (Å²) in [6, 6.07) is 4.39. The van der Waals surface area contributed by atoms with Gasteiger partial charge in [0.2, 0.25) is 0 Å². The molecule has 3 nitrogen and oxygen atoms in total. The minimum atomic E-state index is -3.53. The number of anilines is 1. The van der Waals surface area contributed by atoms with Crippen molar-refractivity contribution < 1.29 is 12.8 Å². The summed E-state index contributed by atoms with van der Waals surface area (Å²) in [4.78, 5) is 1.96. The fourth-order valence-electron chi connectivity index (χ4n) is 2.76. The van der Waals surface area contributed by atoms with Gasteiger partial charge in [0, 0.05) is 25.0 Å². The lowest BCUT2D eigenvalue weighted by molar-refractivity contribution is 0.321. The standard InChI is InChI=1S/C15H22FNO2S/c1-11(2)12-5-4-8-17(10-12)13-6-7-14(16)15(9-13)20(3,18)19/h6-7,9,11-12H,4-5,8,10H2,1-3H3/t12-/m0/s1. The van der Waals surface area contributed by atoms with Crippen LogP contribution in [0, 0.1) is 17.7 Å². The molecule has 1 heterocycles. The number of nitrogens with zero attached hydrogens (tertiary/aromatic N) is 1. The Morgan fingerprint density at radius 2 is 2.05 bits per heavy atom. The van der Waals surface area contributed by atoms with Crippen LogP contribution in [-0.4, -0.2) is 27.8 Å². The molecule has 0 N–H and O–H groups in total. The normalized spacial score (nSPS) is 20.4. The fraction of sp³-hybridized carbons (Fsp3) is 0.600. The highest BCUT2D eigenvalue weighted by Gasteiger charge is 2.24. The average Bonchev–Trinajstić information content (AvgIpc) is 2.38. The average molecular weight is 299 g/mol. The summed E-state index contributed by atoms with van der Waals surface area (Å²) in [5.41, 5.74) is 0.803. The minimum Gasteiger partial charge on any atom is -0.371 e. The monoisotopic (exact) mass is 299 g/mol. The Balaban J connectivity index is 2.29. The van der Waals surface area contributed by atoms with Crippen LogP contribution in [0.25, 0.3) is 0 Å². The molecule has 5 heteroatoms. The lowest BCUT2D eigenvalue weighted by atomic mass is 9.88. The van der Waals surface area contributed by atoms with Crippen molar-refractivity contribution in [3.63, 3.8) is 0 Å². The number of benzene rings is 1. The van der Waals surface area contributed by atoms with Crippen LogP contribution in [0.2, 0.25) is 0 Å². The summed E-state index contributed by atoms with van der Waals surface area (Å²) in [7, 11) is -3.53. The Labute approximate surface area is 120 Å². The number of hydrogen-bond donors (Lipinski definition) is 0. The summed E-state index contributed by atoms with van der Waals surface area (Å²) in [6.45, 7) is 6.23. The second-order valence-electron chi connectivity index (χ2n) is 5.98. The Morgan fingerprint density at radius 1 is 1.35 bits per heavy atom. The van der Waals surface area contributed by atoms with Gasteiger partial charge in [-0.25, -0.2) is 12.8 Å². The third kappa shape index (κ3) is 3.32. The van der Waals surface area contributed by atoms with E-state index in [2.05, 4.69) is 18.7 Å². The third-order valence-electron chi connectivity index (χ3n) is 4.08. The van der Waals surface area contributed by atoms with Gasteiger partial charge in [0.1, 0.15) is 10.7 Å². The molecular weight excluding hydrogens is 277 g/mol. The van der Waals surface area contributed by atoms with Gasteiger partial charge in [0.15, 0.2) is 9.84 Å². The predicted octanol–water partition coefficient (Wildman–Crippen LogP) is 3.10. The van der Waals surface area contributed by atoms with E-state index < -0.39 is 15.7 Å². The van der Waals surface area contributed by atoms with Gasteiger partial charge >= 0.3 is 0 Å². The second kappa shape index (κ2) is 5.72. The van der Waals surface area contributed by atoms with Crippen molar-refractivity contribution in [3.05, 3.63) is 24.0 Å². The van der Waals surface area contributed by atoms with Gasteiger partial charge < -0.3 is 4.90 Å². The summed E-state index contributed by atoms with van der Waals surface area (Å²) in [6.07, 6.45) is 3.34. The molecule has 1 aromatic carbocycles. The van der Waals surface area contributed by atoms with E-state index in [1.54, 1.807) is 6.07 Å². The maximum atomic E-state index is 13.6. The van der Waals surface area contributed by atoms with Crippen molar-refractivity contribution in [1.29, 1.82) is 0 Å². The molecule has 1 fully saturated rings. The van der Waals surface area contributed by atoms with Crippen LogP contribution >= 0.6 is 0 Å². The van der Waals surface area contributed by atoms with Gasteiger partial charge in [-0.1, -0.05) is 13.8 Å². The summed E-state index contributed by atoms with van der Waals surface area (Å²) >= 11 is 0. The largest absolute Gasteiger partial charge is 0.371 e. The van der Waals surface area contributed by atoms with Crippen LogP contribution in [0.3, 0.4) is 0 Å². The minimum absolute atomic E-state index is 0.207. The van der Waals surface area contributed by atoms with Crippen LogP contribution in [0.5, 0.6) is 0 Å². The highest BCUT2D eigenvalue weighted by Crippen LogP contribution is 2.29. The number of piperidine rings is 1. The van der Waals surface area contributed by atoms with Crippen molar-refractivity contribution in [2.24, 2.45) is 11.8 Å². The van der Waals surface area contributed by atoms with Crippen molar-refractivity contribution in [3.8, 4) is 0 Å². The van der Waals surface area contributed by atoms with E-state index in [1.807, 2.05) is 0 Å². The third-order valence-corrected chi connectivity index (χ3v) is 5.19. The molecule has 0 spiro atoms. The first kappa shape index (κ1) is 15.3. The maximum absolute atomic E-state index is 13.6. The lowest BCUT2D eigenvalue weighted by Gasteiger charge is -2.36. The van der Waals surface area contributed by atoms with Gasteiger partial charge in [0.25, 0.3) is 0 Å².